The number of benzene rings is 1. The van der Waals surface area contributed by atoms with E-state index < -0.39 is 0 Å². The van der Waals surface area contributed by atoms with Crippen LogP contribution in [0.2, 0.25) is 0 Å². The average molecular weight is 312 g/mol. The molecule has 2 saturated heterocycles. The molecule has 2 fully saturated rings. The van der Waals surface area contributed by atoms with Gasteiger partial charge in [0.05, 0.1) is 6.61 Å². The molecule has 2 aliphatic rings. The van der Waals surface area contributed by atoms with Crippen molar-refractivity contribution < 1.29 is 4.74 Å². The second-order valence-electron chi connectivity index (χ2n) is 7.53. The van der Waals surface area contributed by atoms with Gasteiger partial charge in [0.2, 0.25) is 0 Å². The van der Waals surface area contributed by atoms with E-state index in [1.54, 1.807) is 0 Å². The molecular weight excluding hydrogens is 284 g/mol. The Labute approximate surface area is 139 Å². The highest BCUT2D eigenvalue weighted by Gasteiger charge is 2.28. The van der Waals surface area contributed by atoms with Gasteiger partial charge in [-0.1, -0.05) is 19.9 Å². The molecule has 0 saturated carbocycles. The van der Waals surface area contributed by atoms with Crippen LogP contribution in [-0.4, -0.2) is 42.2 Å². The lowest BCUT2D eigenvalue weighted by Crippen LogP contribution is -2.41. The van der Waals surface area contributed by atoms with Crippen LogP contribution >= 0.6 is 0 Å². The van der Waals surface area contributed by atoms with E-state index in [4.69, 9.17) is 4.74 Å². The van der Waals surface area contributed by atoms with Crippen LogP contribution in [0, 0.1) is 0 Å². The molecule has 1 aromatic carbocycles. The summed E-state index contributed by atoms with van der Waals surface area (Å²) in [6.45, 7) is 8.89. The number of H-pyrrole nitrogens is 1. The van der Waals surface area contributed by atoms with Gasteiger partial charge in [0, 0.05) is 29.7 Å². The Morgan fingerprint density at radius 3 is 2.70 bits per heavy atom. The maximum atomic E-state index is 5.55. The number of likely N-dealkylation sites (tertiary alicyclic amines) is 1. The number of aromatic amines is 1. The van der Waals surface area contributed by atoms with E-state index in [0.29, 0.717) is 17.9 Å². The first-order chi connectivity index (χ1) is 11.2. The van der Waals surface area contributed by atoms with Crippen LogP contribution in [-0.2, 0) is 4.74 Å². The summed E-state index contributed by atoms with van der Waals surface area (Å²) in [5.41, 5.74) is 4.25. The summed E-state index contributed by atoms with van der Waals surface area (Å²) in [6.07, 6.45) is 5.96. The standard InChI is InChI=1S/C20H28N2O/c1-14(2)19-12-21-20-4-3-16(11-18(19)20)15-5-8-22(9-6-15)17-7-10-23-13-17/h3-4,11-12,14-15,17,21H,5-10,13H2,1-2H3. The summed E-state index contributed by atoms with van der Waals surface area (Å²) in [6, 6.07) is 7.73. The van der Waals surface area contributed by atoms with Gasteiger partial charge in [0.1, 0.15) is 0 Å². The first-order valence-corrected chi connectivity index (χ1v) is 9.15. The highest BCUT2D eigenvalue weighted by molar-refractivity contribution is 5.84. The van der Waals surface area contributed by atoms with Crippen LogP contribution in [0.3, 0.4) is 0 Å². The SMILES string of the molecule is CC(C)c1c[nH]c2ccc(C3CCN(C4CCOC4)CC3)cc12. The van der Waals surface area contributed by atoms with E-state index in [9.17, 15) is 0 Å². The minimum Gasteiger partial charge on any atom is -0.380 e. The van der Waals surface area contributed by atoms with Crippen LogP contribution in [0.5, 0.6) is 0 Å². The van der Waals surface area contributed by atoms with Gasteiger partial charge in [-0.3, -0.25) is 4.90 Å². The molecule has 0 spiro atoms. The number of nitrogens with zero attached hydrogens (tertiary/aromatic N) is 1. The molecule has 1 aromatic heterocycles. The maximum Gasteiger partial charge on any atom is 0.0622 e. The molecule has 0 amide bonds. The zero-order chi connectivity index (χ0) is 15.8. The minimum atomic E-state index is 0.572. The van der Waals surface area contributed by atoms with Crippen LogP contribution < -0.4 is 0 Å². The largest absolute Gasteiger partial charge is 0.380 e. The summed E-state index contributed by atoms with van der Waals surface area (Å²) < 4.78 is 5.55. The van der Waals surface area contributed by atoms with E-state index in [-0.39, 0.29) is 0 Å². The van der Waals surface area contributed by atoms with Gasteiger partial charge >= 0.3 is 0 Å². The Kier molecular flexibility index (Phi) is 4.16. The third-order valence-corrected chi connectivity index (χ3v) is 5.78. The molecule has 3 nitrogen and oxygen atoms in total. The number of ether oxygens (including phenoxy) is 1. The summed E-state index contributed by atoms with van der Waals surface area (Å²) in [7, 11) is 0. The summed E-state index contributed by atoms with van der Waals surface area (Å²) >= 11 is 0. The average Bonchev–Trinajstić information content (AvgIpc) is 3.24. The van der Waals surface area contributed by atoms with Crippen LogP contribution in [0.15, 0.2) is 24.4 Å². The number of aromatic nitrogens is 1. The molecule has 3 heterocycles. The fourth-order valence-electron chi connectivity index (χ4n) is 4.30. The van der Waals surface area contributed by atoms with Crippen LogP contribution in [0.25, 0.3) is 10.9 Å². The molecular formula is C20H28N2O. The van der Waals surface area contributed by atoms with E-state index in [1.165, 1.54) is 54.4 Å². The molecule has 1 N–H and O–H groups in total. The first kappa shape index (κ1) is 15.2. The number of fused-ring (bicyclic) bond motifs is 1. The van der Waals surface area contributed by atoms with Crippen LogP contribution in [0.1, 0.15) is 56.1 Å². The number of rotatable bonds is 3. The molecule has 4 rings (SSSR count). The normalized spacial score (nSPS) is 24.0. The van der Waals surface area contributed by atoms with Crippen molar-refractivity contribution in [1.82, 2.24) is 9.88 Å². The Balaban J connectivity index is 1.50. The molecule has 2 aliphatic heterocycles. The molecule has 0 radical (unpaired) electrons. The van der Waals surface area contributed by atoms with Crippen LogP contribution in [0.4, 0.5) is 0 Å². The predicted molar refractivity (Wildman–Crippen MR) is 95.2 cm³/mol. The topological polar surface area (TPSA) is 28.3 Å². The van der Waals surface area contributed by atoms with Gasteiger partial charge in [0.15, 0.2) is 0 Å². The monoisotopic (exact) mass is 312 g/mol. The second-order valence-corrected chi connectivity index (χ2v) is 7.53. The Bertz CT molecular complexity index is 661. The Morgan fingerprint density at radius 2 is 2.00 bits per heavy atom. The van der Waals surface area contributed by atoms with Gasteiger partial charge in [0.25, 0.3) is 0 Å². The maximum absolute atomic E-state index is 5.55. The molecule has 3 heteroatoms. The molecule has 0 bridgehead atoms. The summed E-state index contributed by atoms with van der Waals surface area (Å²) in [5.74, 6) is 1.29. The predicted octanol–water partition coefficient (Wildman–Crippen LogP) is 4.26. The molecule has 124 valence electrons. The van der Waals surface area contributed by atoms with Crippen molar-refractivity contribution in [3.63, 3.8) is 0 Å². The van der Waals surface area contributed by atoms with Crippen molar-refractivity contribution in [2.24, 2.45) is 0 Å². The van der Waals surface area contributed by atoms with Gasteiger partial charge in [-0.25, -0.2) is 0 Å². The first-order valence-electron chi connectivity index (χ1n) is 9.15. The summed E-state index contributed by atoms with van der Waals surface area (Å²) in [5, 5.41) is 1.42. The molecule has 1 atom stereocenters. The fourth-order valence-corrected chi connectivity index (χ4v) is 4.30. The Morgan fingerprint density at radius 1 is 1.17 bits per heavy atom. The molecule has 1 unspecified atom stereocenters. The molecule has 23 heavy (non-hydrogen) atoms. The van der Waals surface area contributed by atoms with Gasteiger partial charge in [-0.15, -0.1) is 0 Å². The smallest absolute Gasteiger partial charge is 0.0622 e. The third kappa shape index (κ3) is 2.92. The lowest BCUT2D eigenvalue weighted by molar-refractivity contribution is 0.122. The molecule has 0 aliphatic carbocycles. The van der Waals surface area contributed by atoms with E-state index in [0.717, 1.165) is 13.2 Å². The number of hydrogen-bond acceptors (Lipinski definition) is 2. The number of nitrogens with one attached hydrogen (secondary N) is 1. The second kappa shape index (κ2) is 6.29. The van der Waals surface area contributed by atoms with Crippen molar-refractivity contribution in [3.05, 3.63) is 35.5 Å². The quantitative estimate of drug-likeness (QED) is 0.917. The fraction of sp³-hybridized carbons (Fsp3) is 0.600. The number of hydrogen-bond donors (Lipinski definition) is 1. The van der Waals surface area contributed by atoms with Gasteiger partial charge in [-0.2, -0.15) is 0 Å². The highest BCUT2D eigenvalue weighted by Crippen LogP contribution is 2.33. The van der Waals surface area contributed by atoms with E-state index in [2.05, 4.69) is 48.1 Å². The van der Waals surface area contributed by atoms with Gasteiger partial charge < -0.3 is 9.72 Å². The van der Waals surface area contributed by atoms with Crippen molar-refractivity contribution in [2.75, 3.05) is 26.3 Å². The van der Waals surface area contributed by atoms with Crippen molar-refractivity contribution in [1.29, 1.82) is 0 Å². The highest BCUT2D eigenvalue weighted by atomic mass is 16.5. The third-order valence-electron chi connectivity index (χ3n) is 5.78. The van der Waals surface area contributed by atoms with E-state index in [1.807, 2.05) is 0 Å². The lowest BCUT2D eigenvalue weighted by atomic mass is 9.87. The van der Waals surface area contributed by atoms with Crippen molar-refractivity contribution in [3.8, 4) is 0 Å². The molecule has 2 aromatic rings. The minimum absolute atomic E-state index is 0.572. The summed E-state index contributed by atoms with van der Waals surface area (Å²) in [4.78, 5) is 6.07. The number of piperidine rings is 1. The zero-order valence-corrected chi connectivity index (χ0v) is 14.3. The van der Waals surface area contributed by atoms with Gasteiger partial charge in [-0.05, 0) is 67.4 Å². The van der Waals surface area contributed by atoms with Crippen molar-refractivity contribution >= 4 is 10.9 Å². The van der Waals surface area contributed by atoms with E-state index >= 15 is 0 Å². The lowest BCUT2D eigenvalue weighted by Gasteiger charge is -2.35. The Hall–Kier alpha value is -1.32. The van der Waals surface area contributed by atoms with Crippen molar-refractivity contribution in [2.45, 2.75) is 51.0 Å². The zero-order valence-electron chi connectivity index (χ0n) is 14.3.